The summed E-state index contributed by atoms with van der Waals surface area (Å²) in [5.41, 5.74) is 4.89. The number of phenolic OH excluding ortho intramolecular Hbond substituents is 1. The van der Waals surface area contributed by atoms with E-state index in [-0.39, 0.29) is 11.7 Å². The van der Waals surface area contributed by atoms with Crippen LogP contribution in [0.1, 0.15) is 15.9 Å². The van der Waals surface area contributed by atoms with Crippen LogP contribution in [0.5, 0.6) is 5.75 Å². The number of phenols is 1. The highest BCUT2D eigenvalue weighted by molar-refractivity contribution is 6.07. The fourth-order valence-electron chi connectivity index (χ4n) is 2.31. The predicted molar refractivity (Wildman–Crippen MR) is 86.1 cm³/mol. The molecule has 5 nitrogen and oxygen atoms in total. The zero-order valence-corrected chi connectivity index (χ0v) is 12.0. The first-order valence-corrected chi connectivity index (χ1v) is 6.81. The summed E-state index contributed by atoms with van der Waals surface area (Å²) in [4.78, 5) is 12.2. The zero-order valence-electron chi connectivity index (χ0n) is 12.0. The Morgan fingerprint density at radius 3 is 2.68 bits per heavy atom. The molecule has 0 aliphatic carbocycles. The van der Waals surface area contributed by atoms with Crippen molar-refractivity contribution in [3.8, 4) is 5.75 Å². The second-order valence-corrected chi connectivity index (χ2v) is 4.96. The summed E-state index contributed by atoms with van der Waals surface area (Å²) < 4.78 is 1.91. The lowest BCUT2D eigenvalue weighted by molar-refractivity contribution is 0.0956. The van der Waals surface area contributed by atoms with Gasteiger partial charge in [-0.05, 0) is 35.9 Å². The van der Waals surface area contributed by atoms with Gasteiger partial charge in [0.25, 0.3) is 5.91 Å². The summed E-state index contributed by atoms with van der Waals surface area (Å²) in [5, 5.41) is 14.0. The maximum absolute atomic E-state index is 12.2. The van der Waals surface area contributed by atoms with Crippen molar-refractivity contribution >= 4 is 23.0 Å². The predicted octanol–water partition coefficient (Wildman–Crippen LogP) is 2.65. The molecule has 0 saturated carbocycles. The zero-order chi connectivity index (χ0) is 15.5. The number of rotatable bonds is 3. The monoisotopic (exact) mass is 293 g/mol. The van der Waals surface area contributed by atoms with E-state index < -0.39 is 0 Å². The minimum Gasteiger partial charge on any atom is -0.508 e. The van der Waals surface area contributed by atoms with Gasteiger partial charge in [-0.25, -0.2) is 5.43 Å². The summed E-state index contributed by atoms with van der Waals surface area (Å²) in [6.07, 6.45) is 3.32. The van der Waals surface area contributed by atoms with E-state index in [2.05, 4.69) is 10.5 Å². The molecule has 2 N–H and O–H groups in total. The number of para-hydroxylation sites is 1. The minimum atomic E-state index is -0.258. The van der Waals surface area contributed by atoms with Crippen molar-refractivity contribution in [2.75, 3.05) is 0 Å². The average molecular weight is 293 g/mol. The van der Waals surface area contributed by atoms with Gasteiger partial charge in [0.05, 0.1) is 11.8 Å². The van der Waals surface area contributed by atoms with Gasteiger partial charge in [-0.1, -0.05) is 18.2 Å². The quantitative estimate of drug-likeness (QED) is 0.576. The number of carbonyl (C=O) groups is 1. The highest BCUT2D eigenvalue weighted by atomic mass is 16.3. The van der Waals surface area contributed by atoms with Crippen LogP contribution in [-0.2, 0) is 7.05 Å². The van der Waals surface area contributed by atoms with E-state index in [1.165, 1.54) is 6.21 Å². The fraction of sp³-hybridized carbons (Fsp3) is 0.0588. The molecule has 22 heavy (non-hydrogen) atoms. The van der Waals surface area contributed by atoms with E-state index in [0.717, 1.165) is 16.5 Å². The maximum Gasteiger partial charge on any atom is 0.273 e. The van der Waals surface area contributed by atoms with Crippen LogP contribution in [0.3, 0.4) is 0 Å². The molecule has 0 radical (unpaired) electrons. The van der Waals surface area contributed by atoms with Gasteiger partial charge in [-0.2, -0.15) is 5.10 Å². The SMILES string of the molecule is Cn1cc(C(=O)N/N=C\c2ccc(O)cc2)c2ccccc21. The second kappa shape index (κ2) is 5.73. The lowest BCUT2D eigenvalue weighted by Crippen LogP contribution is -2.17. The van der Waals surface area contributed by atoms with Crippen LogP contribution in [0.15, 0.2) is 59.8 Å². The Hall–Kier alpha value is -3.08. The normalized spacial score (nSPS) is 11.1. The molecular formula is C17H15N3O2. The van der Waals surface area contributed by atoms with Crippen molar-refractivity contribution in [2.45, 2.75) is 0 Å². The summed E-state index contributed by atoms with van der Waals surface area (Å²) in [5.74, 6) is -0.0660. The molecule has 1 amide bonds. The van der Waals surface area contributed by atoms with Gasteiger partial charge in [0, 0.05) is 24.1 Å². The van der Waals surface area contributed by atoms with E-state index in [4.69, 9.17) is 0 Å². The number of hydrogen-bond acceptors (Lipinski definition) is 3. The van der Waals surface area contributed by atoms with Crippen molar-refractivity contribution in [1.29, 1.82) is 0 Å². The first-order chi connectivity index (χ1) is 10.6. The Morgan fingerprint density at radius 2 is 1.91 bits per heavy atom. The Labute approximate surface area is 127 Å². The summed E-state index contributed by atoms with van der Waals surface area (Å²) in [6.45, 7) is 0. The number of aryl methyl sites for hydroxylation is 1. The van der Waals surface area contributed by atoms with E-state index in [1.54, 1.807) is 30.5 Å². The Morgan fingerprint density at radius 1 is 1.18 bits per heavy atom. The lowest BCUT2D eigenvalue weighted by atomic mass is 10.2. The standard InChI is InChI=1S/C17H15N3O2/c1-20-11-15(14-4-2-3-5-16(14)20)17(22)19-18-10-12-6-8-13(21)9-7-12/h2-11,21H,1H3,(H,19,22)/b18-10-. The first kappa shape index (κ1) is 13.9. The number of aromatic hydroxyl groups is 1. The van der Waals surface area contributed by atoms with Crippen LogP contribution < -0.4 is 5.43 Å². The smallest absolute Gasteiger partial charge is 0.273 e. The molecule has 3 aromatic rings. The van der Waals surface area contributed by atoms with E-state index in [9.17, 15) is 9.90 Å². The highest BCUT2D eigenvalue weighted by Gasteiger charge is 2.12. The summed E-state index contributed by atoms with van der Waals surface area (Å²) in [7, 11) is 1.90. The largest absolute Gasteiger partial charge is 0.508 e. The number of amides is 1. The fourth-order valence-corrected chi connectivity index (χ4v) is 2.31. The molecule has 0 spiro atoms. The molecule has 110 valence electrons. The Bertz CT molecular complexity index is 848. The van der Waals surface area contributed by atoms with Crippen LogP contribution in [0, 0.1) is 0 Å². The molecule has 0 saturated heterocycles. The molecule has 3 rings (SSSR count). The van der Waals surface area contributed by atoms with Crippen molar-refractivity contribution in [3.63, 3.8) is 0 Å². The third-order valence-corrected chi connectivity index (χ3v) is 3.41. The first-order valence-electron chi connectivity index (χ1n) is 6.81. The van der Waals surface area contributed by atoms with Crippen LogP contribution in [0.4, 0.5) is 0 Å². The topological polar surface area (TPSA) is 66.6 Å². The molecule has 1 aromatic heterocycles. The van der Waals surface area contributed by atoms with Crippen LogP contribution in [0.25, 0.3) is 10.9 Å². The maximum atomic E-state index is 12.2. The molecule has 0 atom stereocenters. The number of fused-ring (bicyclic) bond motifs is 1. The Balaban J connectivity index is 1.78. The minimum absolute atomic E-state index is 0.192. The summed E-state index contributed by atoms with van der Waals surface area (Å²) in [6, 6.07) is 14.3. The van der Waals surface area contributed by atoms with Gasteiger partial charge in [0.1, 0.15) is 5.75 Å². The highest BCUT2D eigenvalue weighted by Crippen LogP contribution is 2.20. The van der Waals surface area contributed by atoms with E-state index in [0.29, 0.717) is 5.56 Å². The molecule has 1 heterocycles. The third kappa shape index (κ3) is 2.69. The number of aromatic nitrogens is 1. The van der Waals surface area contributed by atoms with Gasteiger partial charge in [0.15, 0.2) is 0 Å². The van der Waals surface area contributed by atoms with Crippen LogP contribution >= 0.6 is 0 Å². The molecule has 0 bridgehead atoms. The molecule has 2 aromatic carbocycles. The molecule has 0 fully saturated rings. The number of hydrazone groups is 1. The van der Waals surface area contributed by atoms with Crippen molar-refractivity contribution < 1.29 is 9.90 Å². The number of nitrogens with zero attached hydrogens (tertiary/aromatic N) is 2. The van der Waals surface area contributed by atoms with Gasteiger partial charge in [-0.3, -0.25) is 4.79 Å². The molecular weight excluding hydrogens is 278 g/mol. The number of carbonyl (C=O) groups excluding carboxylic acids is 1. The van der Waals surface area contributed by atoms with E-state index >= 15 is 0 Å². The van der Waals surface area contributed by atoms with Gasteiger partial charge < -0.3 is 9.67 Å². The van der Waals surface area contributed by atoms with Gasteiger partial charge in [-0.15, -0.1) is 0 Å². The Kier molecular flexibility index (Phi) is 3.62. The summed E-state index contributed by atoms with van der Waals surface area (Å²) >= 11 is 0. The lowest BCUT2D eigenvalue weighted by Gasteiger charge is -1.98. The van der Waals surface area contributed by atoms with Crippen LogP contribution in [-0.4, -0.2) is 21.8 Å². The van der Waals surface area contributed by atoms with Crippen molar-refractivity contribution in [1.82, 2.24) is 9.99 Å². The molecule has 0 aliphatic rings. The van der Waals surface area contributed by atoms with Crippen LogP contribution in [0.2, 0.25) is 0 Å². The number of nitrogens with one attached hydrogen (secondary N) is 1. The molecule has 0 unspecified atom stereocenters. The van der Waals surface area contributed by atoms with Gasteiger partial charge in [0.2, 0.25) is 0 Å². The number of hydrogen-bond donors (Lipinski definition) is 2. The van der Waals surface area contributed by atoms with E-state index in [1.807, 2.05) is 35.9 Å². The van der Waals surface area contributed by atoms with Gasteiger partial charge >= 0.3 is 0 Å². The molecule has 5 heteroatoms. The molecule has 0 aliphatic heterocycles. The van der Waals surface area contributed by atoms with Crippen molar-refractivity contribution in [2.24, 2.45) is 12.1 Å². The second-order valence-electron chi connectivity index (χ2n) is 4.96. The average Bonchev–Trinajstić information content (AvgIpc) is 2.87. The third-order valence-electron chi connectivity index (χ3n) is 3.41. The number of benzene rings is 2. The van der Waals surface area contributed by atoms with Crippen molar-refractivity contribution in [3.05, 3.63) is 65.9 Å².